The summed E-state index contributed by atoms with van der Waals surface area (Å²) in [5.74, 6) is 1.15. The fraction of sp³-hybridized carbons (Fsp3) is 0.900. The lowest BCUT2D eigenvalue weighted by molar-refractivity contribution is -0.124. The molecule has 0 amide bonds. The van der Waals surface area contributed by atoms with Crippen molar-refractivity contribution in [1.82, 2.24) is 5.32 Å². The molecule has 0 radical (unpaired) electrons. The molecule has 0 aromatic rings. The molecule has 1 aliphatic heterocycles. The molecule has 12 heavy (non-hydrogen) atoms. The van der Waals surface area contributed by atoms with Gasteiger partial charge in [-0.25, -0.2) is 0 Å². The molecular formula is C10H19NO. The van der Waals surface area contributed by atoms with Gasteiger partial charge in [0, 0.05) is 5.92 Å². The SMILES string of the molecule is CCC1CCNC1C(=O)C(C)C. The molecule has 1 rings (SSSR count). The number of rotatable bonds is 3. The van der Waals surface area contributed by atoms with Crippen LogP contribution in [0.25, 0.3) is 0 Å². The average molecular weight is 169 g/mol. The number of hydrogen-bond acceptors (Lipinski definition) is 2. The molecule has 0 aromatic heterocycles. The summed E-state index contributed by atoms with van der Waals surface area (Å²) in [6.07, 6.45) is 2.29. The number of carbonyl (C=O) groups is 1. The molecule has 2 unspecified atom stereocenters. The van der Waals surface area contributed by atoms with Crippen molar-refractivity contribution in [3.63, 3.8) is 0 Å². The lowest BCUT2D eigenvalue weighted by Crippen LogP contribution is -2.38. The monoisotopic (exact) mass is 169 g/mol. The number of ketones is 1. The van der Waals surface area contributed by atoms with Crippen molar-refractivity contribution in [3.05, 3.63) is 0 Å². The Bertz CT molecular complexity index is 165. The van der Waals surface area contributed by atoms with Gasteiger partial charge < -0.3 is 5.32 Å². The van der Waals surface area contributed by atoms with E-state index in [-0.39, 0.29) is 12.0 Å². The molecule has 0 bridgehead atoms. The van der Waals surface area contributed by atoms with Crippen LogP contribution in [0.5, 0.6) is 0 Å². The first-order valence-electron chi connectivity index (χ1n) is 4.94. The van der Waals surface area contributed by atoms with Crippen molar-refractivity contribution in [2.24, 2.45) is 11.8 Å². The van der Waals surface area contributed by atoms with E-state index in [1.807, 2.05) is 13.8 Å². The van der Waals surface area contributed by atoms with Crippen LogP contribution in [0.1, 0.15) is 33.6 Å². The summed E-state index contributed by atoms with van der Waals surface area (Å²) < 4.78 is 0. The molecule has 2 heteroatoms. The molecule has 1 aliphatic rings. The van der Waals surface area contributed by atoms with Crippen molar-refractivity contribution >= 4 is 5.78 Å². The average Bonchev–Trinajstić information content (AvgIpc) is 2.49. The second-order valence-electron chi connectivity index (χ2n) is 3.95. The zero-order valence-electron chi connectivity index (χ0n) is 8.26. The third-order valence-electron chi connectivity index (χ3n) is 2.75. The van der Waals surface area contributed by atoms with Gasteiger partial charge in [-0.2, -0.15) is 0 Å². The Balaban J connectivity index is 2.55. The first-order chi connectivity index (χ1) is 5.66. The molecule has 1 saturated heterocycles. The minimum atomic E-state index is 0.148. The zero-order valence-corrected chi connectivity index (χ0v) is 8.26. The highest BCUT2D eigenvalue weighted by atomic mass is 16.1. The number of carbonyl (C=O) groups excluding carboxylic acids is 1. The zero-order chi connectivity index (χ0) is 9.14. The van der Waals surface area contributed by atoms with Crippen molar-refractivity contribution in [3.8, 4) is 0 Å². The Morgan fingerprint density at radius 1 is 1.58 bits per heavy atom. The third-order valence-corrected chi connectivity index (χ3v) is 2.75. The maximum atomic E-state index is 11.7. The molecule has 1 N–H and O–H groups in total. The van der Waals surface area contributed by atoms with Crippen molar-refractivity contribution in [2.45, 2.75) is 39.7 Å². The Labute approximate surface area is 74.7 Å². The van der Waals surface area contributed by atoms with Gasteiger partial charge in [0.1, 0.15) is 0 Å². The standard InChI is InChI=1S/C10H19NO/c1-4-8-5-6-11-9(8)10(12)7(2)3/h7-9,11H,4-6H2,1-3H3. The van der Waals surface area contributed by atoms with Gasteiger partial charge in [0.05, 0.1) is 6.04 Å². The maximum absolute atomic E-state index is 11.7. The Kier molecular flexibility index (Phi) is 3.27. The van der Waals surface area contributed by atoms with Crippen molar-refractivity contribution < 1.29 is 4.79 Å². The van der Waals surface area contributed by atoms with Crippen LogP contribution in [0.15, 0.2) is 0 Å². The molecule has 0 aromatic carbocycles. The fourth-order valence-electron chi connectivity index (χ4n) is 1.89. The molecule has 2 nitrogen and oxygen atoms in total. The summed E-state index contributed by atoms with van der Waals surface area (Å²) in [6.45, 7) is 7.14. The Morgan fingerprint density at radius 3 is 2.75 bits per heavy atom. The lowest BCUT2D eigenvalue weighted by Gasteiger charge is -2.18. The quantitative estimate of drug-likeness (QED) is 0.695. The van der Waals surface area contributed by atoms with E-state index < -0.39 is 0 Å². The molecule has 0 aliphatic carbocycles. The van der Waals surface area contributed by atoms with Crippen LogP contribution < -0.4 is 5.32 Å². The van der Waals surface area contributed by atoms with Gasteiger partial charge in [-0.05, 0) is 18.9 Å². The van der Waals surface area contributed by atoms with E-state index in [2.05, 4.69) is 12.2 Å². The second-order valence-corrected chi connectivity index (χ2v) is 3.95. The van der Waals surface area contributed by atoms with E-state index >= 15 is 0 Å². The van der Waals surface area contributed by atoms with Crippen molar-refractivity contribution in [2.75, 3.05) is 6.54 Å². The molecular weight excluding hydrogens is 150 g/mol. The van der Waals surface area contributed by atoms with Crippen LogP contribution >= 0.6 is 0 Å². The summed E-state index contributed by atoms with van der Waals surface area (Å²) in [5.41, 5.74) is 0. The second kappa shape index (κ2) is 4.04. The number of Topliss-reactive ketones (excluding diaryl/α,β-unsaturated/α-hetero) is 1. The van der Waals surface area contributed by atoms with Crippen molar-refractivity contribution in [1.29, 1.82) is 0 Å². The van der Waals surface area contributed by atoms with Crippen LogP contribution in [0, 0.1) is 11.8 Å². The molecule has 0 spiro atoms. The minimum Gasteiger partial charge on any atom is -0.307 e. The number of hydrogen-bond donors (Lipinski definition) is 1. The van der Waals surface area contributed by atoms with Crippen LogP contribution in [0.3, 0.4) is 0 Å². The van der Waals surface area contributed by atoms with E-state index in [1.165, 1.54) is 6.42 Å². The van der Waals surface area contributed by atoms with Gasteiger partial charge in [-0.3, -0.25) is 4.79 Å². The molecule has 0 saturated carbocycles. The minimum absolute atomic E-state index is 0.148. The van der Waals surface area contributed by atoms with Gasteiger partial charge in [0.25, 0.3) is 0 Å². The maximum Gasteiger partial charge on any atom is 0.152 e. The molecule has 1 fully saturated rings. The van der Waals surface area contributed by atoms with Gasteiger partial charge in [0.15, 0.2) is 5.78 Å². The Morgan fingerprint density at radius 2 is 2.25 bits per heavy atom. The third kappa shape index (κ3) is 1.86. The fourth-order valence-corrected chi connectivity index (χ4v) is 1.89. The highest BCUT2D eigenvalue weighted by Crippen LogP contribution is 2.21. The highest BCUT2D eigenvalue weighted by molar-refractivity contribution is 5.86. The summed E-state index contributed by atoms with van der Waals surface area (Å²) in [4.78, 5) is 11.7. The summed E-state index contributed by atoms with van der Waals surface area (Å²) in [6, 6.07) is 0.148. The largest absolute Gasteiger partial charge is 0.307 e. The molecule has 70 valence electrons. The van der Waals surface area contributed by atoms with Crippen LogP contribution in [-0.4, -0.2) is 18.4 Å². The van der Waals surface area contributed by atoms with Gasteiger partial charge in [-0.15, -0.1) is 0 Å². The van der Waals surface area contributed by atoms with Gasteiger partial charge in [0.2, 0.25) is 0 Å². The summed E-state index contributed by atoms with van der Waals surface area (Å²) in [7, 11) is 0. The van der Waals surface area contributed by atoms with E-state index in [0.29, 0.717) is 11.7 Å². The number of nitrogens with one attached hydrogen (secondary N) is 1. The topological polar surface area (TPSA) is 29.1 Å². The van der Waals surface area contributed by atoms with E-state index in [1.54, 1.807) is 0 Å². The predicted molar refractivity (Wildman–Crippen MR) is 50.0 cm³/mol. The Hall–Kier alpha value is -0.370. The summed E-state index contributed by atoms with van der Waals surface area (Å²) in [5, 5.41) is 3.29. The lowest BCUT2D eigenvalue weighted by atomic mass is 9.90. The smallest absolute Gasteiger partial charge is 0.152 e. The molecule has 2 atom stereocenters. The van der Waals surface area contributed by atoms with Gasteiger partial charge >= 0.3 is 0 Å². The normalized spacial score (nSPS) is 29.7. The van der Waals surface area contributed by atoms with Crippen LogP contribution in [0.4, 0.5) is 0 Å². The first-order valence-corrected chi connectivity index (χ1v) is 4.94. The van der Waals surface area contributed by atoms with E-state index in [0.717, 1.165) is 13.0 Å². The van der Waals surface area contributed by atoms with Crippen LogP contribution in [0.2, 0.25) is 0 Å². The predicted octanol–water partition coefficient (Wildman–Crippen LogP) is 1.60. The van der Waals surface area contributed by atoms with Gasteiger partial charge in [-0.1, -0.05) is 27.2 Å². The highest BCUT2D eigenvalue weighted by Gasteiger charge is 2.31. The van der Waals surface area contributed by atoms with E-state index in [4.69, 9.17) is 0 Å². The molecule has 1 heterocycles. The summed E-state index contributed by atoms with van der Waals surface area (Å²) >= 11 is 0. The first kappa shape index (κ1) is 9.72. The van der Waals surface area contributed by atoms with E-state index in [9.17, 15) is 4.79 Å². The van der Waals surface area contributed by atoms with Crippen LogP contribution in [-0.2, 0) is 4.79 Å².